The largest absolute Gasteiger partial charge is 0.417 e. The van der Waals surface area contributed by atoms with Crippen molar-refractivity contribution in [3.8, 4) is 16.9 Å². The van der Waals surface area contributed by atoms with Gasteiger partial charge in [-0.1, -0.05) is 6.92 Å². The molecule has 0 amide bonds. The van der Waals surface area contributed by atoms with Crippen LogP contribution in [0.15, 0.2) is 57.1 Å². The highest BCUT2D eigenvalue weighted by atomic mass is 32.2. The average molecular weight is 454 g/mol. The highest BCUT2D eigenvalue weighted by Gasteiger charge is 2.31. The minimum atomic E-state index is -4.65. The number of pyridine rings is 2. The van der Waals surface area contributed by atoms with E-state index in [1.54, 1.807) is 6.07 Å². The third kappa shape index (κ3) is 3.41. The Morgan fingerprint density at radius 1 is 1.17 bits per heavy atom. The van der Waals surface area contributed by atoms with E-state index in [1.165, 1.54) is 30.5 Å². The van der Waals surface area contributed by atoms with Crippen LogP contribution in [0.25, 0.3) is 22.6 Å². The fourth-order valence-electron chi connectivity index (χ4n) is 2.85. The summed E-state index contributed by atoms with van der Waals surface area (Å²) in [5.74, 6) is -0.521. The predicted molar refractivity (Wildman–Crippen MR) is 105 cm³/mol. The molecule has 12 heteroatoms. The molecule has 0 unspecified atom stereocenters. The molecule has 0 spiro atoms. The number of sulfone groups is 1. The van der Waals surface area contributed by atoms with Crippen LogP contribution in [0, 0.1) is 0 Å². The smallest absolute Gasteiger partial charge is 0.249 e. The summed E-state index contributed by atoms with van der Waals surface area (Å²) < 4.78 is 65.8. The number of hydrogen-bond donors (Lipinski definition) is 0. The van der Waals surface area contributed by atoms with E-state index in [0.29, 0.717) is 20.8 Å². The molecule has 0 aliphatic rings. The molecule has 0 fully saturated rings. The van der Waals surface area contributed by atoms with E-state index in [0.717, 1.165) is 17.7 Å². The van der Waals surface area contributed by atoms with Gasteiger partial charge < -0.3 is 0 Å². The zero-order valence-electron chi connectivity index (χ0n) is 15.3. The number of thiophene rings is 1. The molecular weight excluding hydrogens is 441 g/mol. The van der Waals surface area contributed by atoms with Crippen molar-refractivity contribution in [1.29, 1.82) is 0 Å². The quantitative estimate of drug-likeness (QED) is 0.472. The number of aromatic nitrogens is 4. The molecule has 0 aliphatic carbocycles. The third-order valence-electron chi connectivity index (χ3n) is 4.45. The van der Waals surface area contributed by atoms with Gasteiger partial charge in [0.2, 0.25) is 0 Å². The van der Waals surface area contributed by atoms with E-state index in [1.807, 2.05) is 10.8 Å². The van der Waals surface area contributed by atoms with Crippen LogP contribution < -0.4 is 5.69 Å². The first-order valence-corrected chi connectivity index (χ1v) is 11.2. The Bertz CT molecular complexity index is 1400. The van der Waals surface area contributed by atoms with Crippen LogP contribution in [0.4, 0.5) is 13.2 Å². The van der Waals surface area contributed by atoms with Crippen LogP contribution in [0.5, 0.6) is 0 Å². The summed E-state index contributed by atoms with van der Waals surface area (Å²) in [7, 11) is -3.82. The SMILES string of the molecule is CCS(=O)(=O)c1cc(-c2ccsc2)cnc1-n1nc2ccc(C(F)(F)F)cn2c1=O. The maximum Gasteiger partial charge on any atom is 0.417 e. The highest BCUT2D eigenvalue weighted by molar-refractivity contribution is 7.91. The van der Waals surface area contributed by atoms with Crippen molar-refractivity contribution >= 4 is 26.8 Å². The Morgan fingerprint density at radius 2 is 1.93 bits per heavy atom. The predicted octanol–water partition coefficient (Wildman–Crippen LogP) is 3.42. The monoisotopic (exact) mass is 454 g/mol. The Labute approximate surface area is 172 Å². The van der Waals surface area contributed by atoms with Crippen LogP contribution in [-0.2, 0) is 16.0 Å². The number of hydrogen-bond acceptors (Lipinski definition) is 6. The van der Waals surface area contributed by atoms with Gasteiger partial charge in [-0.05, 0) is 40.6 Å². The number of rotatable bonds is 4. The summed E-state index contributed by atoms with van der Waals surface area (Å²) in [6.45, 7) is 1.44. The molecule has 4 aromatic rings. The molecule has 4 rings (SSSR count). The normalized spacial score (nSPS) is 12.5. The van der Waals surface area contributed by atoms with E-state index in [9.17, 15) is 26.4 Å². The van der Waals surface area contributed by atoms with Crippen LogP contribution in [-0.4, -0.2) is 33.3 Å². The van der Waals surface area contributed by atoms with Gasteiger partial charge in [0.1, 0.15) is 4.90 Å². The molecule has 0 saturated carbocycles. The average Bonchev–Trinajstić information content (AvgIpc) is 3.35. The number of halogens is 3. The lowest BCUT2D eigenvalue weighted by Gasteiger charge is -2.09. The van der Waals surface area contributed by atoms with Gasteiger partial charge in [0.05, 0.1) is 11.3 Å². The van der Waals surface area contributed by atoms with Crippen molar-refractivity contribution in [3.63, 3.8) is 0 Å². The van der Waals surface area contributed by atoms with E-state index < -0.39 is 27.3 Å². The van der Waals surface area contributed by atoms with Crippen molar-refractivity contribution in [3.05, 3.63) is 63.5 Å². The molecule has 0 saturated heterocycles. The second-order valence-corrected chi connectivity index (χ2v) is 9.33. The molecule has 7 nitrogen and oxygen atoms in total. The number of nitrogens with zero attached hydrogens (tertiary/aromatic N) is 4. The number of fused-ring (bicyclic) bond motifs is 1. The van der Waals surface area contributed by atoms with Gasteiger partial charge in [0.25, 0.3) is 0 Å². The van der Waals surface area contributed by atoms with Gasteiger partial charge in [0, 0.05) is 18.0 Å². The lowest BCUT2D eigenvalue weighted by molar-refractivity contribution is -0.137. The van der Waals surface area contributed by atoms with Crippen LogP contribution in [0.3, 0.4) is 0 Å². The van der Waals surface area contributed by atoms with Crippen molar-refractivity contribution < 1.29 is 21.6 Å². The summed E-state index contributed by atoms with van der Waals surface area (Å²) in [6, 6.07) is 5.01. The van der Waals surface area contributed by atoms with Crippen molar-refractivity contribution in [2.75, 3.05) is 5.75 Å². The second-order valence-electron chi connectivity index (χ2n) is 6.30. The Morgan fingerprint density at radius 3 is 2.57 bits per heavy atom. The fraction of sp³-hybridized carbons (Fsp3) is 0.167. The van der Waals surface area contributed by atoms with Gasteiger partial charge in [-0.25, -0.2) is 22.6 Å². The van der Waals surface area contributed by atoms with Gasteiger partial charge in [0.15, 0.2) is 21.3 Å². The van der Waals surface area contributed by atoms with E-state index >= 15 is 0 Å². The summed E-state index contributed by atoms with van der Waals surface area (Å²) in [5, 5.41) is 7.62. The summed E-state index contributed by atoms with van der Waals surface area (Å²) in [5.41, 5.74) is -0.776. The summed E-state index contributed by atoms with van der Waals surface area (Å²) in [4.78, 5) is 16.7. The van der Waals surface area contributed by atoms with Gasteiger partial charge in [-0.3, -0.25) is 0 Å². The van der Waals surface area contributed by atoms with Crippen LogP contribution >= 0.6 is 11.3 Å². The maximum atomic E-state index is 13.0. The highest BCUT2D eigenvalue weighted by Crippen LogP contribution is 2.30. The molecular formula is C18H13F3N4O3S2. The molecule has 4 aromatic heterocycles. The van der Waals surface area contributed by atoms with E-state index in [4.69, 9.17) is 0 Å². The second kappa shape index (κ2) is 7.06. The lowest BCUT2D eigenvalue weighted by atomic mass is 10.1. The van der Waals surface area contributed by atoms with Crippen molar-refractivity contribution in [2.24, 2.45) is 0 Å². The van der Waals surface area contributed by atoms with Crippen molar-refractivity contribution in [1.82, 2.24) is 19.2 Å². The van der Waals surface area contributed by atoms with Gasteiger partial charge >= 0.3 is 11.9 Å². The lowest BCUT2D eigenvalue weighted by Crippen LogP contribution is -2.23. The van der Waals surface area contributed by atoms with E-state index in [2.05, 4.69) is 10.1 Å². The molecule has 0 aliphatic heterocycles. The zero-order valence-corrected chi connectivity index (χ0v) is 16.9. The first-order chi connectivity index (χ1) is 14.1. The van der Waals surface area contributed by atoms with Crippen molar-refractivity contribution in [2.45, 2.75) is 18.0 Å². The molecule has 0 bridgehead atoms. The van der Waals surface area contributed by atoms with Gasteiger partial charge in [-0.2, -0.15) is 29.2 Å². The minimum absolute atomic E-state index is 0.0726. The zero-order chi connectivity index (χ0) is 21.7. The van der Waals surface area contributed by atoms with Gasteiger partial charge in [-0.15, -0.1) is 5.10 Å². The van der Waals surface area contributed by atoms with Crippen LogP contribution in [0.2, 0.25) is 0 Å². The minimum Gasteiger partial charge on any atom is -0.249 e. The first kappa shape index (κ1) is 20.3. The Hall–Kier alpha value is -2.99. The molecule has 30 heavy (non-hydrogen) atoms. The molecule has 0 N–H and O–H groups in total. The maximum absolute atomic E-state index is 13.0. The fourth-order valence-corrected chi connectivity index (χ4v) is 4.55. The Balaban J connectivity index is 1.97. The Kier molecular flexibility index (Phi) is 4.77. The molecule has 156 valence electrons. The first-order valence-electron chi connectivity index (χ1n) is 8.56. The third-order valence-corrected chi connectivity index (χ3v) is 6.86. The molecule has 0 radical (unpaired) electrons. The summed E-state index contributed by atoms with van der Waals surface area (Å²) in [6.07, 6.45) is -2.63. The standard InChI is InChI=1S/C18H13F3N4O3S2/c1-2-30(27,28)14-7-12(11-5-6-29-10-11)8-22-16(14)25-17(26)24-9-13(18(19,20)21)3-4-15(24)23-25/h3-10H,2H2,1H3. The van der Waals surface area contributed by atoms with Crippen LogP contribution in [0.1, 0.15) is 12.5 Å². The van der Waals surface area contributed by atoms with E-state index in [-0.39, 0.29) is 22.1 Å². The topological polar surface area (TPSA) is 86.3 Å². The molecule has 4 heterocycles. The molecule has 0 aromatic carbocycles. The molecule has 0 atom stereocenters. The number of alkyl halides is 3. The summed E-state index contributed by atoms with van der Waals surface area (Å²) >= 11 is 1.42.